The number of nitrogens with zero attached hydrogens (tertiary/aromatic N) is 1. The third kappa shape index (κ3) is 3.26. The zero-order valence-corrected chi connectivity index (χ0v) is 11.6. The highest BCUT2D eigenvalue weighted by atomic mass is 35.5. The maximum Gasteiger partial charge on any atom is 0.258 e. The quantitative estimate of drug-likeness (QED) is 0.849. The predicted molar refractivity (Wildman–Crippen MR) is 78.8 cm³/mol. The van der Waals surface area contributed by atoms with Crippen LogP contribution in [0.1, 0.15) is 15.9 Å². The van der Waals surface area contributed by atoms with Crippen LogP contribution in [-0.4, -0.2) is 18.0 Å². The minimum absolute atomic E-state index is 0.112. The van der Waals surface area contributed by atoms with E-state index in [2.05, 4.69) is 10.3 Å². The molecule has 0 radical (unpaired) electrons. The van der Waals surface area contributed by atoms with E-state index in [0.717, 1.165) is 5.56 Å². The third-order valence-electron chi connectivity index (χ3n) is 2.67. The second-order valence-electron chi connectivity index (χ2n) is 4.15. The van der Waals surface area contributed by atoms with Gasteiger partial charge in [0.15, 0.2) is 0 Å². The van der Waals surface area contributed by atoms with Gasteiger partial charge in [0.25, 0.3) is 5.91 Å². The number of hydrogen-bond donors (Lipinski definition) is 2. The lowest BCUT2D eigenvalue weighted by Gasteiger charge is -2.11. The molecule has 0 aliphatic rings. The van der Waals surface area contributed by atoms with Gasteiger partial charge in [-0.25, -0.2) is 4.98 Å². The standard InChI is InChI=1S/C14H14ClN3O2/c1-20-8-9-4-2-3-5-12(9)18-14(19)11-6-10(16)7-17-13(11)15/h2-7H,8,16H2,1H3,(H,18,19). The number of anilines is 2. The number of benzene rings is 1. The highest BCUT2D eigenvalue weighted by Gasteiger charge is 2.13. The third-order valence-corrected chi connectivity index (χ3v) is 2.97. The highest BCUT2D eigenvalue weighted by Crippen LogP contribution is 2.20. The van der Waals surface area contributed by atoms with E-state index in [0.29, 0.717) is 18.0 Å². The smallest absolute Gasteiger partial charge is 0.258 e. The van der Waals surface area contributed by atoms with Crippen molar-refractivity contribution < 1.29 is 9.53 Å². The second kappa shape index (κ2) is 6.36. The van der Waals surface area contributed by atoms with Gasteiger partial charge in [0.2, 0.25) is 0 Å². The van der Waals surface area contributed by atoms with E-state index in [1.165, 1.54) is 12.3 Å². The minimum atomic E-state index is -0.363. The molecule has 1 heterocycles. The fourth-order valence-corrected chi connectivity index (χ4v) is 1.93. The Morgan fingerprint density at radius 2 is 2.20 bits per heavy atom. The number of para-hydroxylation sites is 1. The Kier molecular flexibility index (Phi) is 4.55. The van der Waals surface area contributed by atoms with Crippen molar-refractivity contribution in [2.75, 3.05) is 18.2 Å². The van der Waals surface area contributed by atoms with E-state index >= 15 is 0 Å². The SMILES string of the molecule is COCc1ccccc1NC(=O)c1cc(N)cnc1Cl. The number of nitrogens with two attached hydrogens (primary N) is 1. The van der Waals surface area contributed by atoms with Gasteiger partial charge in [-0.3, -0.25) is 4.79 Å². The number of pyridine rings is 1. The number of aromatic nitrogens is 1. The van der Waals surface area contributed by atoms with Gasteiger partial charge in [-0.15, -0.1) is 0 Å². The highest BCUT2D eigenvalue weighted by molar-refractivity contribution is 6.33. The first-order chi connectivity index (χ1) is 9.61. The summed E-state index contributed by atoms with van der Waals surface area (Å²) in [6.07, 6.45) is 1.40. The molecule has 0 fully saturated rings. The molecule has 1 amide bonds. The van der Waals surface area contributed by atoms with Crippen molar-refractivity contribution in [3.05, 3.63) is 52.8 Å². The Bertz CT molecular complexity index is 632. The summed E-state index contributed by atoms with van der Waals surface area (Å²) in [5.74, 6) is -0.363. The van der Waals surface area contributed by atoms with E-state index in [4.69, 9.17) is 22.1 Å². The Morgan fingerprint density at radius 1 is 1.45 bits per heavy atom. The van der Waals surface area contributed by atoms with Crippen molar-refractivity contribution in [3.63, 3.8) is 0 Å². The predicted octanol–water partition coefficient (Wildman–Crippen LogP) is 2.72. The van der Waals surface area contributed by atoms with Gasteiger partial charge < -0.3 is 15.8 Å². The Labute approximate surface area is 121 Å². The topological polar surface area (TPSA) is 77.2 Å². The zero-order chi connectivity index (χ0) is 14.5. The van der Waals surface area contributed by atoms with Crippen LogP contribution in [0.5, 0.6) is 0 Å². The summed E-state index contributed by atoms with van der Waals surface area (Å²) >= 11 is 5.91. The Morgan fingerprint density at radius 3 is 2.95 bits per heavy atom. The summed E-state index contributed by atoms with van der Waals surface area (Å²) < 4.78 is 5.09. The molecule has 1 aromatic carbocycles. The number of nitrogen functional groups attached to an aromatic ring is 1. The lowest BCUT2D eigenvalue weighted by molar-refractivity contribution is 0.102. The molecule has 20 heavy (non-hydrogen) atoms. The van der Waals surface area contributed by atoms with Crippen LogP contribution in [0.25, 0.3) is 0 Å². The van der Waals surface area contributed by atoms with Crippen molar-refractivity contribution in [3.8, 4) is 0 Å². The average Bonchev–Trinajstić information content (AvgIpc) is 2.44. The van der Waals surface area contributed by atoms with Crippen LogP contribution >= 0.6 is 11.6 Å². The number of methoxy groups -OCH3 is 1. The lowest BCUT2D eigenvalue weighted by atomic mass is 10.1. The Balaban J connectivity index is 2.26. The van der Waals surface area contributed by atoms with Gasteiger partial charge in [0.05, 0.1) is 24.1 Å². The fourth-order valence-electron chi connectivity index (χ4n) is 1.74. The van der Waals surface area contributed by atoms with Gasteiger partial charge in [-0.1, -0.05) is 29.8 Å². The molecule has 1 aromatic heterocycles. The molecule has 5 nitrogen and oxygen atoms in total. The largest absolute Gasteiger partial charge is 0.397 e. The fraction of sp³-hybridized carbons (Fsp3) is 0.143. The minimum Gasteiger partial charge on any atom is -0.397 e. The second-order valence-corrected chi connectivity index (χ2v) is 4.51. The number of halogens is 1. The summed E-state index contributed by atoms with van der Waals surface area (Å²) in [4.78, 5) is 16.1. The first-order valence-corrected chi connectivity index (χ1v) is 6.29. The number of carbonyl (C=O) groups is 1. The Hall–Kier alpha value is -2.11. The number of ether oxygens (including phenoxy) is 1. The monoisotopic (exact) mass is 291 g/mol. The van der Waals surface area contributed by atoms with Crippen LogP contribution < -0.4 is 11.1 Å². The van der Waals surface area contributed by atoms with E-state index < -0.39 is 0 Å². The maximum atomic E-state index is 12.2. The van der Waals surface area contributed by atoms with Gasteiger partial charge in [0.1, 0.15) is 5.15 Å². The van der Waals surface area contributed by atoms with Gasteiger partial charge >= 0.3 is 0 Å². The van der Waals surface area contributed by atoms with Gasteiger partial charge in [-0.2, -0.15) is 0 Å². The number of nitrogens with one attached hydrogen (secondary N) is 1. The number of rotatable bonds is 4. The van der Waals surface area contributed by atoms with Gasteiger partial charge in [-0.05, 0) is 12.1 Å². The first-order valence-electron chi connectivity index (χ1n) is 5.91. The van der Waals surface area contributed by atoms with Crippen LogP contribution in [0.4, 0.5) is 11.4 Å². The number of amides is 1. The molecule has 0 saturated heterocycles. The molecule has 0 saturated carbocycles. The molecule has 0 bridgehead atoms. The molecule has 2 rings (SSSR count). The van der Waals surface area contributed by atoms with Crippen molar-refractivity contribution in [2.45, 2.75) is 6.61 Å². The molecule has 6 heteroatoms. The van der Waals surface area contributed by atoms with Crippen LogP contribution in [-0.2, 0) is 11.3 Å². The average molecular weight is 292 g/mol. The van der Waals surface area contributed by atoms with Crippen LogP contribution in [0, 0.1) is 0 Å². The normalized spacial score (nSPS) is 10.3. The summed E-state index contributed by atoms with van der Waals surface area (Å²) in [5, 5.41) is 2.89. The van der Waals surface area contributed by atoms with Crippen LogP contribution in [0.15, 0.2) is 36.5 Å². The summed E-state index contributed by atoms with van der Waals surface area (Å²) in [5.41, 5.74) is 7.77. The summed E-state index contributed by atoms with van der Waals surface area (Å²) in [6, 6.07) is 8.86. The molecule has 0 aliphatic carbocycles. The lowest BCUT2D eigenvalue weighted by Crippen LogP contribution is -2.15. The molecule has 0 unspecified atom stereocenters. The number of carbonyl (C=O) groups excluding carboxylic acids is 1. The van der Waals surface area contributed by atoms with Crippen LogP contribution in [0.2, 0.25) is 5.15 Å². The molecule has 3 N–H and O–H groups in total. The molecule has 0 atom stereocenters. The van der Waals surface area contributed by atoms with Crippen LogP contribution in [0.3, 0.4) is 0 Å². The number of hydrogen-bond acceptors (Lipinski definition) is 4. The molecule has 0 aliphatic heterocycles. The maximum absolute atomic E-state index is 12.2. The van der Waals surface area contributed by atoms with Crippen molar-refractivity contribution in [1.82, 2.24) is 4.98 Å². The summed E-state index contributed by atoms with van der Waals surface area (Å²) in [7, 11) is 1.59. The van der Waals surface area contributed by atoms with Crippen molar-refractivity contribution >= 4 is 28.9 Å². The van der Waals surface area contributed by atoms with Crippen molar-refractivity contribution in [2.24, 2.45) is 0 Å². The molecular weight excluding hydrogens is 278 g/mol. The molecule has 104 valence electrons. The summed E-state index contributed by atoms with van der Waals surface area (Å²) in [6.45, 7) is 0.402. The molecule has 0 spiro atoms. The van der Waals surface area contributed by atoms with E-state index in [9.17, 15) is 4.79 Å². The molecule has 2 aromatic rings. The van der Waals surface area contributed by atoms with E-state index in [1.807, 2.05) is 18.2 Å². The first kappa shape index (κ1) is 14.3. The molecular formula is C14H14ClN3O2. The zero-order valence-electron chi connectivity index (χ0n) is 10.9. The van der Waals surface area contributed by atoms with Crippen molar-refractivity contribution in [1.29, 1.82) is 0 Å². The van der Waals surface area contributed by atoms with Gasteiger partial charge in [0, 0.05) is 18.4 Å². The van der Waals surface area contributed by atoms with E-state index in [1.54, 1.807) is 13.2 Å². The van der Waals surface area contributed by atoms with E-state index in [-0.39, 0.29) is 16.6 Å².